The van der Waals surface area contributed by atoms with Crippen molar-refractivity contribution in [2.24, 2.45) is 0 Å². The van der Waals surface area contributed by atoms with Crippen molar-refractivity contribution in [2.75, 3.05) is 27.2 Å². The van der Waals surface area contributed by atoms with Crippen LogP contribution in [0.4, 0.5) is 0 Å². The van der Waals surface area contributed by atoms with Gasteiger partial charge in [0.05, 0.1) is 0 Å². The Hall–Kier alpha value is -0.606. The maximum Gasteiger partial charge on any atom is -0.147 e. The molecule has 0 amide bonds. The summed E-state index contributed by atoms with van der Waals surface area (Å²) in [5.41, 5.74) is 6.04. The Morgan fingerprint density at radius 2 is 1.86 bits per heavy atom. The molecule has 0 heterocycles. The van der Waals surface area contributed by atoms with Crippen LogP contribution < -0.4 is 3.80 Å². The van der Waals surface area contributed by atoms with Gasteiger partial charge in [0.2, 0.25) is 0 Å². The first-order chi connectivity index (χ1) is 12.7. The van der Waals surface area contributed by atoms with E-state index in [1.807, 2.05) is 0 Å². The maximum absolute atomic E-state index is 3.75. The SMILES string of the molecule is CCCC[NH][Ti][CH2]c1c(C2=C(CN(C)C)C=CC2)ccc2ccccc12.Cl.Cl. The van der Waals surface area contributed by atoms with Gasteiger partial charge in [-0.15, -0.1) is 24.8 Å². The summed E-state index contributed by atoms with van der Waals surface area (Å²) in [7, 11) is 4.31. The molecule has 0 bridgehead atoms. The molecule has 0 radical (unpaired) electrons. The summed E-state index contributed by atoms with van der Waals surface area (Å²) in [6, 6.07) is 13.6. The average Bonchev–Trinajstić information content (AvgIpc) is 3.08. The Morgan fingerprint density at radius 1 is 1.07 bits per heavy atom. The molecule has 2 aromatic carbocycles. The van der Waals surface area contributed by atoms with E-state index >= 15 is 0 Å². The number of rotatable bonds is 9. The molecule has 2 aromatic rings. The second-order valence-electron chi connectivity index (χ2n) is 7.29. The van der Waals surface area contributed by atoms with Gasteiger partial charge in [0.15, 0.2) is 0 Å². The molecule has 0 fully saturated rings. The molecule has 5 heteroatoms. The smallest absolute Gasteiger partial charge is 0.147 e. The molecular weight excluding hydrogens is 423 g/mol. The van der Waals surface area contributed by atoms with Crippen LogP contribution in [-0.4, -0.2) is 32.1 Å². The number of hydrogen-bond donors (Lipinski definition) is 1. The van der Waals surface area contributed by atoms with E-state index in [9.17, 15) is 0 Å². The monoisotopic (exact) mass is 454 g/mol. The molecule has 1 aliphatic carbocycles. The minimum atomic E-state index is -0.153. The summed E-state index contributed by atoms with van der Waals surface area (Å²) < 4.78 is 4.95. The number of nitrogens with zero attached hydrogens (tertiary/aromatic N) is 1. The van der Waals surface area contributed by atoms with Crippen LogP contribution in [0.1, 0.15) is 37.3 Å². The zero-order valence-electron chi connectivity index (χ0n) is 17.1. The first-order valence-corrected chi connectivity index (χ1v) is 11.6. The van der Waals surface area contributed by atoms with Crippen molar-refractivity contribution < 1.29 is 19.4 Å². The molecule has 2 nitrogen and oxygen atoms in total. The standard InChI is InChI=1S/C19H20N.C4H10N.2ClH.Ti/c1-14-17-9-5-4-7-15(17)11-12-18(14)19-10-6-8-16(19)13-20(2)3;1-2-3-4-5;;;/h4-9,11-12H,1,10,13H2,2-3H3;5H,2-4H2,1H3;2*1H;/q;-1;;;+1. The van der Waals surface area contributed by atoms with Crippen LogP contribution in [0.3, 0.4) is 0 Å². The van der Waals surface area contributed by atoms with Gasteiger partial charge in [0.1, 0.15) is 0 Å². The van der Waals surface area contributed by atoms with Gasteiger partial charge in [-0.05, 0) is 0 Å². The number of halogens is 2. The van der Waals surface area contributed by atoms with Gasteiger partial charge in [-0.2, -0.15) is 0 Å². The predicted molar refractivity (Wildman–Crippen MR) is 124 cm³/mol. The molecule has 0 spiro atoms. The number of nitrogens with one attached hydrogen (secondary N) is 1. The molecule has 1 aliphatic rings. The Morgan fingerprint density at radius 3 is 2.61 bits per heavy atom. The Bertz CT molecular complexity index is 815. The van der Waals surface area contributed by atoms with Crippen LogP contribution in [0.25, 0.3) is 16.3 Å². The molecule has 1 N–H and O–H groups in total. The molecule has 0 atom stereocenters. The van der Waals surface area contributed by atoms with Crippen molar-refractivity contribution in [1.29, 1.82) is 0 Å². The van der Waals surface area contributed by atoms with Crippen LogP contribution in [0, 0.1) is 0 Å². The number of benzene rings is 2. The van der Waals surface area contributed by atoms with Crippen molar-refractivity contribution in [3.05, 3.63) is 65.3 Å². The number of hydrogen-bond acceptors (Lipinski definition) is 2. The third-order valence-corrected chi connectivity index (χ3v) is 6.54. The molecule has 152 valence electrons. The number of fused-ring (bicyclic) bond motifs is 1. The van der Waals surface area contributed by atoms with Crippen LogP contribution in [0.15, 0.2) is 54.1 Å². The van der Waals surface area contributed by atoms with Gasteiger partial charge >= 0.3 is 168 Å². The molecule has 0 saturated carbocycles. The summed E-state index contributed by atoms with van der Waals surface area (Å²) in [6.07, 6.45) is 8.27. The minimum Gasteiger partial charge on any atom is -0.147 e. The average molecular weight is 455 g/mol. The number of likely N-dealkylation sites (N-methyl/N-ethyl adjacent to an activating group) is 1. The Balaban J connectivity index is 0.00000196. The van der Waals surface area contributed by atoms with Crippen molar-refractivity contribution in [3.8, 4) is 0 Å². The van der Waals surface area contributed by atoms with Crippen molar-refractivity contribution in [1.82, 2.24) is 8.70 Å². The molecule has 28 heavy (non-hydrogen) atoms. The molecular formula is C23H32Cl2N2Ti. The largest absolute Gasteiger partial charge is 0.147 e. The Kier molecular flexibility index (Phi) is 11.7. The molecule has 0 saturated heterocycles. The maximum atomic E-state index is 3.75. The number of unbranched alkanes of at least 4 members (excludes halogenated alkanes) is 1. The molecule has 0 unspecified atom stereocenters. The first-order valence-electron chi connectivity index (χ1n) is 9.70. The van der Waals surface area contributed by atoms with Gasteiger partial charge in [0, 0.05) is 0 Å². The summed E-state index contributed by atoms with van der Waals surface area (Å²) >= 11 is -0.153. The fourth-order valence-electron chi connectivity index (χ4n) is 3.64. The van der Waals surface area contributed by atoms with E-state index in [1.165, 1.54) is 51.6 Å². The fraction of sp³-hybridized carbons (Fsp3) is 0.391. The third kappa shape index (κ3) is 6.45. The van der Waals surface area contributed by atoms with Crippen LogP contribution in [0.2, 0.25) is 0 Å². The normalized spacial score (nSPS) is 13.0. The van der Waals surface area contributed by atoms with Gasteiger partial charge < -0.3 is 0 Å². The van der Waals surface area contributed by atoms with E-state index < -0.39 is 0 Å². The first kappa shape index (κ1) is 25.4. The van der Waals surface area contributed by atoms with Crippen molar-refractivity contribution in [3.63, 3.8) is 0 Å². The third-order valence-electron chi connectivity index (χ3n) is 4.93. The zero-order valence-corrected chi connectivity index (χ0v) is 20.3. The van der Waals surface area contributed by atoms with E-state index in [-0.39, 0.29) is 44.2 Å². The summed E-state index contributed by atoms with van der Waals surface area (Å²) in [4.78, 5) is 2.27. The predicted octanol–water partition coefficient (Wildman–Crippen LogP) is 5.85. The van der Waals surface area contributed by atoms with Gasteiger partial charge in [0.25, 0.3) is 0 Å². The van der Waals surface area contributed by atoms with E-state index in [0.29, 0.717) is 0 Å². The van der Waals surface area contributed by atoms with E-state index in [2.05, 4.69) is 78.3 Å². The van der Waals surface area contributed by atoms with Gasteiger partial charge in [-0.1, -0.05) is 0 Å². The summed E-state index contributed by atoms with van der Waals surface area (Å²) in [5, 5.41) is 2.81. The zero-order chi connectivity index (χ0) is 18.4. The molecule has 3 rings (SSSR count). The van der Waals surface area contributed by atoms with Crippen LogP contribution in [0.5, 0.6) is 0 Å². The molecule has 0 aromatic heterocycles. The van der Waals surface area contributed by atoms with Crippen LogP contribution >= 0.6 is 24.8 Å². The molecule has 0 aliphatic heterocycles. The minimum absolute atomic E-state index is 0. The van der Waals surface area contributed by atoms with E-state index in [0.717, 1.165) is 13.0 Å². The number of allylic oxidation sites excluding steroid dienone is 2. The fourth-order valence-corrected chi connectivity index (χ4v) is 5.25. The van der Waals surface area contributed by atoms with Crippen LogP contribution in [-0.2, 0) is 24.1 Å². The van der Waals surface area contributed by atoms with E-state index in [1.54, 1.807) is 5.56 Å². The summed E-state index contributed by atoms with van der Waals surface area (Å²) in [6.45, 7) is 4.45. The second kappa shape index (κ2) is 12.9. The van der Waals surface area contributed by atoms with Gasteiger partial charge in [-0.3, -0.25) is 0 Å². The van der Waals surface area contributed by atoms with Crippen molar-refractivity contribution >= 4 is 41.2 Å². The van der Waals surface area contributed by atoms with Crippen molar-refractivity contribution in [2.45, 2.75) is 30.9 Å². The second-order valence-corrected chi connectivity index (χ2v) is 8.95. The topological polar surface area (TPSA) is 15.3 Å². The summed E-state index contributed by atoms with van der Waals surface area (Å²) in [5.74, 6) is 0. The Labute approximate surface area is 191 Å². The quantitative estimate of drug-likeness (QED) is 0.377. The van der Waals surface area contributed by atoms with Gasteiger partial charge in [-0.25, -0.2) is 0 Å². The van der Waals surface area contributed by atoms with E-state index in [4.69, 9.17) is 0 Å².